The Hall–Kier alpha value is -3.15. The number of hydrogen-bond donors (Lipinski definition) is 3. The highest BCUT2D eigenvalue weighted by atomic mass is 16.3. The number of rotatable bonds is 5. The Morgan fingerprint density at radius 2 is 2.21 bits per heavy atom. The average molecular weight is 391 g/mol. The minimum atomic E-state index is 0.0221. The molecule has 0 bridgehead atoms. The molecule has 0 unspecified atom stereocenters. The maximum atomic E-state index is 10.4. The summed E-state index contributed by atoms with van der Waals surface area (Å²) in [6.07, 6.45) is 4.16. The van der Waals surface area contributed by atoms with Crippen LogP contribution in [0.1, 0.15) is 18.4 Å². The molecule has 0 spiro atoms. The van der Waals surface area contributed by atoms with Crippen LogP contribution in [0.5, 0.6) is 5.75 Å². The van der Waals surface area contributed by atoms with E-state index >= 15 is 0 Å². The lowest BCUT2D eigenvalue weighted by molar-refractivity contribution is 0.222. The monoisotopic (exact) mass is 391 g/mol. The Bertz CT molecular complexity index is 1070. The molecule has 8 nitrogen and oxygen atoms in total. The topological polar surface area (TPSA) is 116 Å². The number of aromatic hydroxyl groups is 1. The summed E-state index contributed by atoms with van der Waals surface area (Å²) in [6.45, 7) is 3.58. The van der Waals surface area contributed by atoms with E-state index in [4.69, 9.17) is 11.0 Å². The molecule has 1 aliphatic rings. The molecule has 4 rings (SSSR count). The fourth-order valence-corrected chi connectivity index (χ4v) is 4.07. The van der Waals surface area contributed by atoms with Crippen LogP contribution in [0.2, 0.25) is 0 Å². The Labute approximate surface area is 169 Å². The summed E-state index contributed by atoms with van der Waals surface area (Å²) < 4.78 is 2.01. The van der Waals surface area contributed by atoms with Gasteiger partial charge in [0.15, 0.2) is 5.82 Å². The van der Waals surface area contributed by atoms with Crippen LogP contribution in [-0.4, -0.2) is 57.0 Å². The van der Waals surface area contributed by atoms with Crippen molar-refractivity contribution in [3.63, 3.8) is 0 Å². The molecule has 2 aromatic heterocycles. The highest BCUT2D eigenvalue weighted by Crippen LogP contribution is 2.35. The number of likely N-dealkylation sites (tertiary alicyclic amines) is 1. The number of hydrogen-bond acceptors (Lipinski definition) is 7. The lowest BCUT2D eigenvalue weighted by Crippen LogP contribution is -2.44. The van der Waals surface area contributed by atoms with Crippen molar-refractivity contribution in [1.82, 2.24) is 19.7 Å². The molecule has 8 heteroatoms. The molecular formula is C21H25N7O. The van der Waals surface area contributed by atoms with Crippen LogP contribution in [0.25, 0.3) is 22.2 Å². The first-order valence-electron chi connectivity index (χ1n) is 9.85. The van der Waals surface area contributed by atoms with Gasteiger partial charge in [-0.25, -0.2) is 0 Å². The van der Waals surface area contributed by atoms with E-state index in [9.17, 15) is 5.11 Å². The third kappa shape index (κ3) is 3.75. The molecule has 3 heterocycles. The smallest absolute Gasteiger partial charge is 0.173 e. The van der Waals surface area contributed by atoms with Crippen LogP contribution < -0.4 is 11.1 Å². The first-order valence-corrected chi connectivity index (χ1v) is 9.85. The van der Waals surface area contributed by atoms with Gasteiger partial charge >= 0.3 is 0 Å². The zero-order valence-corrected chi connectivity index (χ0v) is 16.5. The van der Waals surface area contributed by atoms with E-state index < -0.39 is 0 Å². The fraction of sp³-hybridized carbons (Fsp3) is 0.381. The van der Waals surface area contributed by atoms with Crippen LogP contribution in [0.3, 0.4) is 0 Å². The number of phenols is 1. The molecule has 1 saturated heterocycles. The van der Waals surface area contributed by atoms with Crippen molar-refractivity contribution >= 4 is 16.7 Å². The number of nitrogens with one attached hydrogen (secondary N) is 1. The van der Waals surface area contributed by atoms with Crippen molar-refractivity contribution in [2.75, 3.05) is 31.5 Å². The molecule has 4 N–H and O–H groups in total. The van der Waals surface area contributed by atoms with Crippen molar-refractivity contribution in [2.24, 2.45) is 12.8 Å². The van der Waals surface area contributed by atoms with Gasteiger partial charge in [0, 0.05) is 49.9 Å². The Balaban J connectivity index is 1.69. The van der Waals surface area contributed by atoms with Gasteiger partial charge < -0.3 is 25.6 Å². The number of aromatic nitrogens is 3. The number of nitriles is 1. The van der Waals surface area contributed by atoms with E-state index in [1.165, 1.54) is 6.07 Å². The van der Waals surface area contributed by atoms with Gasteiger partial charge in [0.25, 0.3) is 0 Å². The summed E-state index contributed by atoms with van der Waals surface area (Å²) >= 11 is 0. The highest BCUT2D eigenvalue weighted by molar-refractivity contribution is 5.99. The number of piperidine rings is 1. The minimum Gasteiger partial charge on any atom is -0.507 e. The molecule has 1 aromatic carbocycles. The number of fused-ring (bicyclic) bond motifs is 1. The number of aryl methyl sites for hydroxylation is 1. The minimum absolute atomic E-state index is 0.0221. The number of nitrogens with two attached hydrogens (primary N) is 1. The van der Waals surface area contributed by atoms with Crippen LogP contribution in [0, 0.1) is 11.3 Å². The molecule has 1 aliphatic heterocycles. The molecule has 0 aliphatic carbocycles. The van der Waals surface area contributed by atoms with E-state index in [0.29, 0.717) is 23.4 Å². The molecule has 29 heavy (non-hydrogen) atoms. The zero-order chi connectivity index (χ0) is 20.4. The third-order valence-electron chi connectivity index (χ3n) is 5.48. The van der Waals surface area contributed by atoms with E-state index in [1.807, 2.05) is 29.9 Å². The van der Waals surface area contributed by atoms with Crippen LogP contribution in [0.4, 0.5) is 5.82 Å². The van der Waals surface area contributed by atoms with Crippen molar-refractivity contribution in [1.29, 1.82) is 5.26 Å². The second-order valence-corrected chi connectivity index (χ2v) is 7.50. The van der Waals surface area contributed by atoms with Crippen LogP contribution >= 0.6 is 0 Å². The summed E-state index contributed by atoms with van der Waals surface area (Å²) in [7, 11) is 1.97. The zero-order valence-electron chi connectivity index (χ0n) is 16.5. The Kier molecular flexibility index (Phi) is 5.34. The summed E-state index contributed by atoms with van der Waals surface area (Å²) in [4.78, 5) is 2.37. The quantitative estimate of drug-likeness (QED) is 0.609. The van der Waals surface area contributed by atoms with Gasteiger partial charge in [-0.3, -0.25) is 0 Å². The molecular weight excluding hydrogens is 366 g/mol. The number of anilines is 1. The molecule has 1 atom stereocenters. The maximum Gasteiger partial charge on any atom is 0.173 e. The first-order chi connectivity index (χ1) is 14.1. The summed E-state index contributed by atoms with van der Waals surface area (Å²) in [5.74, 6) is 0.762. The molecule has 150 valence electrons. The molecule has 0 amide bonds. The van der Waals surface area contributed by atoms with Crippen LogP contribution in [0.15, 0.2) is 30.5 Å². The lowest BCUT2D eigenvalue weighted by atomic mass is 10.0. The van der Waals surface area contributed by atoms with E-state index in [2.05, 4.69) is 20.4 Å². The standard InChI is InChI=1S/C21H25N7O/c1-27-9-6-17-19(16-5-4-14(12-23)11-18(16)29)25-26-21(20(17)27)24-15-3-2-8-28(13-15)10-7-22/h4-6,9,11,15,29H,2-3,7-8,10,13,22H2,1H3,(H,24,26)/t15-/m1/s1. The number of phenolic OH excluding ortho intramolecular Hbond substituents is 1. The fourth-order valence-electron chi connectivity index (χ4n) is 4.07. The van der Waals surface area contributed by atoms with E-state index in [0.717, 1.165) is 49.2 Å². The second-order valence-electron chi connectivity index (χ2n) is 7.50. The summed E-state index contributed by atoms with van der Waals surface area (Å²) in [6, 6.07) is 9.13. The van der Waals surface area contributed by atoms with Crippen molar-refractivity contribution in [2.45, 2.75) is 18.9 Å². The van der Waals surface area contributed by atoms with Gasteiger partial charge in [0.1, 0.15) is 11.4 Å². The Morgan fingerprint density at radius 3 is 2.97 bits per heavy atom. The molecule has 1 fully saturated rings. The summed E-state index contributed by atoms with van der Waals surface area (Å²) in [5, 5.41) is 32.8. The highest BCUT2D eigenvalue weighted by Gasteiger charge is 2.22. The van der Waals surface area contributed by atoms with E-state index in [1.54, 1.807) is 12.1 Å². The third-order valence-corrected chi connectivity index (χ3v) is 5.48. The van der Waals surface area contributed by atoms with E-state index in [-0.39, 0.29) is 11.8 Å². The van der Waals surface area contributed by atoms with Crippen molar-refractivity contribution < 1.29 is 5.11 Å². The number of benzene rings is 1. The van der Waals surface area contributed by atoms with Gasteiger partial charge in [0.2, 0.25) is 0 Å². The van der Waals surface area contributed by atoms with Gasteiger partial charge in [-0.15, -0.1) is 10.2 Å². The predicted octanol–water partition coefficient (Wildman–Crippen LogP) is 2.05. The number of nitrogens with zero attached hydrogens (tertiary/aromatic N) is 5. The van der Waals surface area contributed by atoms with Gasteiger partial charge in [-0.2, -0.15) is 5.26 Å². The van der Waals surface area contributed by atoms with Gasteiger partial charge in [-0.05, 0) is 43.7 Å². The van der Waals surface area contributed by atoms with Gasteiger partial charge in [-0.1, -0.05) is 0 Å². The Morgan fingerprint density at radius 1 is 1.34 bits per heavy atom. The average Bonchev–Trinajstić information content (AvgIpc) is 3.11. The molecule has 3 aromatic rings. The second kappa shape index (κ2) is 8.07. The first kappa shape index (κ1) is 19.2. The lowest BCUT2D eigenvalue weighted by Gasteiger charge is -2.33. The molecule has 0 radical (unpaired) electrons. The predicted molar refractivity (Wildman–Crippen MR) is 112 cm³/mol. The molecule has 0 saturated carbocycles. The van der Waals surface area contributed by atoms with Crippen molar-refractivity contribution in [3.8, 4) is 23.1 Å². The van der Waals surface area contributed by atoms with Crippen molar-refractivity contribution in [3.05, 3.63) is 36.0 Å². The maximum absolute atomic E-state index is 10.4. The van der Waals surface area contributed by atoms with Crippen LogP contribution in [-0.2, 0) is 7.05 Å². The van der Waals surface area contributed by atoms with Gasteiger partial charge in [0.05, 0.1) is 17.1 Å². The summed E-state index contributed by atoms with van der Waals surface area (Å²) in [5.41, 5.74) is 8.22. The SMILES string of the molecule is Cn1ccc2c(-c3ccc(C#N)cc3O)nnc(N[C@@H]3CCCN(CCN)C3)c21. The normalized spacial score (nSPS) is 17.3. The largest absolute Gasteiger partial charge is 0.507 e.